The molecule has 0 aromatic rings. The first-order valence-electron chi connectivity index (χ1n) is 7.87. The number of likely N-dealkylation sites (tertiary alicyclic amines) is 1. The van der Waals surface area contributed by atoms with E-state index < -0.39 is 4.65 Å². The highest BCUT2D eigenvalue weighted by molar-refractivity contribution is 4.97. The van der Waals surface area contributed by atoms with Crippen LogP contribution in [0.15, 0.2) is 12.2 Å². The van der Waals surface area contributed by atoms with Crippen molar-refractivity contribution < 1.29 is 23.6 Å². The predicted octanol–water partition coefficient (Wildman–Crippen LogP) is 1.73. The van der Waals surface area contributed by atoms with Crippen LogP contribution in [-0.4, -0.2) is 77.1 Å². The molecule has 1 saturated heterocycles. The van der Waals surface area contributed by atoms with Crippen LogP contribution in [0.1, 0.15) is 19.8 Å². The third-order valence-corrected chi connectivity index (χ3v) is 4.44. The third-order valence-electron chi connectivity index (χ3n) is 4.44. The highest BCUT2D eigenvalue weighted by Gasteiger charge is 2.57. The Morgan fingerprint density at radius 2 is 1.41 bits per heavy atom. The molecule has 6 heteroatoms. The smallest absolute Gasteiger partial charge is 0.143 e. The number of hydroxylamine groups is 3. The van der Waals surface area contributed by atoms with Crippen LogP contribution < -0.4 is 0 Å². The molecule has 1 rings (SSSR count). The predicted molar refractivity (Wildman–Crippen MR) is 85.5 cm³/mol. The third kappa shape index (κ3) is 4.07. The van der Waals surface area contributed by atoms with Crippen molar-refractivity contribution in [2.75, 3.05) is 48.2 Å². The monoisotopic (exact) mass is 317 g/mol. The van der Waals surface area contributed by atoms with E-state index in [9.17, 15) is 5.21 Å². The fourth-order valence-electron chi connectivity index (χ4n) is 3.34. The molecule has 0 spiro atoms. The van der Waals surface area contributed by atoms with Gasteiger partial charge >= 0.3 is 0 Å². The summed E-state index contributed by atoms with van der Waals surface area (Å²) in [7, 11) is 6.45. The average Bonchev–Trinajstić information content (AvgIpc) is 2.74. The molecule has 0 saturated carbocycles. The first-order valence-corrected chi connectivity index (χ1v) is 7.87. The summed E-state index contributed by atoms with van der Waals surface area (Å²) >= 11 is 0. The summed E-state index contributed by atoms with van der Waals surface area (Å²) in [6.07, 6.45) is 5.47. The normalized spacial score (nSPS) is 35.5. The Balaban J connectivity index is 3.06. The summed E-state index contributed by atoms with van der Waals surface area (Å²) in [5.41, 5.74) is 0. The maximum atomic E-state index is 13.6. The van der Waals surface area contributed by atoms with Gasteiger partial charge in [-0.3, -0.25) is 0 Å². The Morgan fingerprint density at radius 1 is 0.909 bits per heavy atom. The number of hydrogen-bond acceptors (Lipinski definition) is 5. The van der Waals surface area contributed by atoms with Gasteiger partial charge in [-0.2, -0.15) is 0 Å². The van der Waals surface area contributed by atoms with Gasteiger partial charge in [-0.25, -0.2) is 0 Å². The first-order chi connectivity index (χ1) is 10.6. The minimum Gasteiger partial charge on any atom is -0.632 e. The minimum absolute atomic E-state index is 0.304. The lowest BCUT2D eigenvalue weighted by Gasteiger charge is -2.48. The molecule has 0 N–H and O–H groups in total. The molecule has 1 aliphatic rings. The number of rotatable bonds is 10. The quantitative estimate of drug-likeness (QED) is 0.349. The Labute approximate surface area is 134 Å². The van der Waals surface area contributed by atoms with Crippen LogP contribution in [0, 0.1) is 5.21 Å². The van der Waals surface area contributed by atoms with Crippen molar-refractivity contribution in [3.05, 3.63) is 17.4 Å². The highest BCUT2D eigenvalue weighted by atomic mass is 16.6. The maximum absolute atomic E-state index is 13.6. The van der Waals surface area contributed by atoms with Crippen molar-refractivity contribution in [3.63, 3.8) is 0 Å². The number of nitrogens with zero attached hydrogens (tertiary/aromatic N) is 1. The van der Waals surface area contributed by atoms with Gasteiger partial charge < -0.3 is 28.8 Å². The summed E-state index contributed by atoms with van der Waals surface area (Å²) in [5.74, 6) is 0. The van der Waals surface area contributed by atoms with Crippen LogP contribution in [0.2, 0.25) is 0 Å². The van der Waals surface area contributed by atoms with Crippen molar-refractivity contribution in [2.24, 2.45) is 0 Å². The van der Waals surface area contributed by atoms with E-state index in [4.69, 9.17) is 18.9 Å². The molecule has 4 atom stereocenters. The van der Waals surface area contributed by atoms with Gasteiger partial charge in [-0.15, -0.1) is 0 Å². The van der Waals surface area contributed by atoms with Gasteiger partial charge in [0.1, 0.15) is 37.5 Å². The lowest BCUT2D eigenvalue weighted by molar-refractivity contribution is -0.914. The van der Waals surface area contributed by atoms with Crippen LogP contribution in [0.3, 0.4) is 0 Å². The number of allylic oxidation sites excluding steroid dienone is 1. The minimum atomic E-state index is -0.432. The fraction of sp³-hybridized carbons (Fsp3) is 0.875. The van der Waals surface area contributed by atoms with E-state index in [0.29, 0.717) is 19.8 Å². The van der Waals surface area contributed by atoms with Gasteiger partial charge in [0.15, 0.2) is 0 Å². The topological polar surface area (TPSA) is 60.0 Å². The van der Waals surface area contributed by atoms with Crippen molar-refractivity contribution in [1.82, 2.24) is 0 Å². The van der Waals surface area contributed by atoms with E-state index in [2.05, 4.69) is 13.0 Å². The van der Waals surface area contributed by atoms with E-state index in [0.717, 1.165) is 12.8 Å². The van der Waals surface area contributed by atoms with Crippen LogP contribution in [0.5, 0.6) is 0 Å². The molecule has 1 heterocycles. The second kappa shape index (κ2) is 9.60. The van der Waals surface area contributed by atoms with E-state index >= 15 is 0 Å². The van der Waals surface area contributed by atoms with Gasteiger partial charge in [-0.05, 0) is 12.5 Å². The standard InChI is InChI=1S/C16H31NO5/c1-6-7-8-9-10-17(18)13(11-19-2)15(21-4)16(22-5)14(17)12-20-3/h8-9,13-16H,6-7,10-12H2,1-5H3/b9-8+/t13-,14-,15+,16+/m0/s1. The zero-order chi connectivity index (χ0) is 16.6. The largest absolute Gasteiger partial charge is 0.632 e. The van der Waals surface area contributed by atoms with Crippen LogP contribution in [0.4, 0.5) is 0 Å². The van der Waals surface area contributed by atoms with Gasteiger partial charge in [-0.1, -0.05) is 19.4 Å². The van der Waals surface area contributed by atoms with Gasteiger partial charge in [0.25, 0.3) is 0 Å². The van der Waals surface area contributed by atoms with E-state index in [1.807, 2.05) is 6.08 Å². The number of methoxy groups -OCH3 is 4. The summed E-state index contributed by atoms with van der Waals surface area (Å²) < 4.78 is 21.3. The molecule has 1 fully saturated rings. The number of hydrogen-bond donors (Lipinski definition) is 0. The SMILES string of the molecule is CCC/C=C/C[N+]1([O-])[C@@H](COC)[C@@H](OC)[C@H](OC)[C@@H]1COC. The molecular weight excluding hydrogens is 286 g/mol. The van der Waals surface area contributed by atoms with E-state index in [1.165, 1.54) is 0 Å². The lowest BCUT2D eigenvalue weighted by atomic mass is 10.1. The molecule has 22 heavy (non-hydrogen) atoms. The van der Waals surface area contributed by atoms with Crippen molar-refractivity contribution in [3.8, 4) is 0 Å². The van der Waals surface area contributed by atoms with Gasteiger partial charge in [0.2, 0.25) is 0 Å². The molecule has 0 bridgehead atoms. The average molecular weight is 317 g/mol. The Bertz CT molecular complexity index is 316. The van der Waals surface area contributed by atoms with E-state index in [1.54, 1.807) is 28.4 Å². The summed E-state index contributed by atoms with van der Waals surface area (Å²) in [4.78, 5) is 0. The molecule has 0 radical (unpaired) electrons. The van der Waals surface area contributed by atoms with Crippen molar-refractivity contribution in [2.45, 2.75) is 44.1 Å². The maximum Gasteiger partial charge on any atom is 0.143 e. The van der Waals surface area contributed by atoms with Gasteiger partial charge in [0.05, 0.1) is 6.54 Å². The zero-order valence-electron chi connectivity index (χ0n) is 14.5. The van der Waals surface area contributed by atoms with Crippen molar-refractivity contribution in [1.29, 1.82) is 0 Å². The van der Waals surface area contributed by atoms with Crippen LogP contribution in [0.25, 0.3) is 0 Å². The second-order valence-electron chi connectivity index (χ2n) is 5.74. The lowest BCUT2D eigenvalue weighted by Crippen LogP contribution is -2.57. The first kappa shape index (κ1) is 19.5. The summed E-state index contributed by atoms with van der Waals surface area (Å²) in [6.45, 7) is 3.17. The molecular formula is C16H31NO5. The molecule has 130 valence electrons. The number of quaternary nitrogens is 1. The summed E-state index contributed by atoms with van der Waals surface area (Å²) in [6, 6.07) is -0.655. The van der Waals surface area contributed by atoms with Crippen LogP contribution >= 0.6 is 0 Å². The molecule has 6 nitrogen and oxygen atoms in total. The number of unbranched alkanes of at least 4 members (excludes halogenated alkanes) is 1. The highest BCUT2D eigenvalue weighted by Crippen LogP contribution is 2.36. The molecule has 0 aromatic heterocycles. The number of ether oxygens (including phenoxy) is 4. The Kier molecular flexibility index (Phi) is 8.53. The molecule has 1 aliphatic heterocycles. The zero-order valence-corrected chi connectivity index (χ0v) is 14.5. The molecule has 0 aliphatic carbocycles. The Hall–Kier alpha value is -0.500. The summed E-state index contributed by atoms with van der Waals surface area (Å²) in [5, 5.41) is 13.6. The Morgan fingerprint density at radius 3 is 1.77 bits per heavy atom. The molecule has 0 aromatic carbocycles. The van der Waals surface area contributed by atoms with Crippen LogP contribution in [-0.2, 0) is 18.9 Å². The van der Waals surface area contributed by atoms with Gasteiger partial charge in [0, 0.05) is 28.4 Å². The van der Waals surface area contributed by atoms with Crippen molar-refractivity contribution >= 4 is 0 Å². The molecule has 0 amide bonds. The molecule has 0 unspecified atom stereocenters. The second-order valence-corrected chi connectivity index (χ2v) is 5.74. The fourth-order valence-corrected chi connectivity index (χ4v) is 3.34. The van der Waals surface area contributed by atoms with E-state index in [-0.39, 0.29) is 24.3 Å².